The number of likely N-dealkylation sites (tertiary alicyclic amines) is 2. The molecule has 4 aromatic rings. The standard InChI is InChI=1S/C40H46FIN8O3/c1-23-20-48(21-24(23)2)27-16-28(17-27)50-34-15-26(6-7-29(34)40(39(50)52)9-12-47(13-10-40)38(51)35-5-4-14-53-35)32-18-33-36(49(22-44-33)25(3)42)37(46-32)45-31-8-11-43-19-30(31)41/h6-8,11,15,18-19,22-25,27-28,35H,4-5,9-10,12-14,16-17,20-21H2,1-3H3,(H,43,45,46)/t23-,24+,25?,27?,28?,35-/m0/s1. The van der Waals surface area contributed by atoms with Crippen LogP contribution in [0.2, 0.25) is 0 Å². The highest BCUT2D eigenvalue weighted by molar-refractivity contribution is 14.1. The number of anilines is 3. The number of nitrogens with one attached hydrogen (secondary N) is 1. The zero-order valence-corrected chi connectivity index (χ0v) is 32.6. The van der Waals surface area contributed by atoms with E-state index >= 15 is 0 Å². The van der Waals surface area contributed by atoms with Crippen molar-refractivity contribution in [3.8, 4) is 11.3 Å². The number of carbonyl (C=O) groups excluding carboxylic acids is 2. The molecule has 3 saturated heterocycles. The van der Waals surface area contributed by atoms with Gasteiger partial charge in [0.25, 0.3) is 5.91 Å². The monoisotopic (exact) mass is 832 g/mol. The molecule has 1 saturated carbocycles. The summed E-state index contributed by atoms with van der Waals surface area (Å²) in [5, 5.41) is 3.23. The van der Waals surface area contributed by atoms with E-state index in [1.807, 2.05) is 15.5 Å². The first-order valence-corrected chi connectivity index (χ1v) is 20.4. The number of alkyl halides is 1. The van der Waals surface area contributed by atoms with Gasteiger partial charge in [0.15, 0.2) is 11.6 Å². The lowest BCUT2D eigenvalue weighted by Gasteiger charge is -2.46. The molecule has 11 nitrogen and oxygen atoms in total. The van der Waals surface area contributed by atoms with E-state index in [0.717, 1.165) is 66.6 Å². The lowest BCUT2D eigenvalue weighted by Crippen LogP contribution is -2.58. The summed E-state index contributed by atoms with van der Waals surface area (Å²) in [6.07, 6.45) is 8.93. The Hall–Kier alpha value is -3.69. The van der Waals surface area contributed by atoms with Gasteiger partial charge in [-0.1, -0.05) is 48.6 Å². The summed E-state index contributed by atoms with van der Waals surface area (Å²) in [4.78, 5) is 48.6. The van der Waals surface area contributed by atoms with Gasteiger partial charge in [-0.05, 0) is 81.0 Å². The van der Waals surface area contributed by atoms with E-state index < -0.39 is 11.2 Å². The molecule has 0 bridgehead atoms. The second-order valence-corrected chi connectivity index (χ2v) is 17.7. The highest BCUT2D eigenvalue weighted by Crippen LogP contribution is 2.52. The normalized spacial score (nSPS) is 27.4. The predicted octanol–water partition coefficient (Wildman–Crippen LogP) is 6.83. The van der Waals surface area contributed by atoms with Crippen LogP contribution in [-0.4, -0.2) is 92.1 Å². The first-order chi connectivity index (χ1) is 25.6. The third-order valence-corrected chi connectivity index (χ3v) is 13.4. The molecule has 53 heavy (non-hydrogen) atoms. The Morgan fingerprint density at radius 3 is 2.57 bits per heavy atom. The first kappa shape index (κ1) is 35.0. The molecule has 4 fully saturated rings. The SMILES string of the molecule is CC(I)n1cnc2cc(-c3ccc4c(c3)N(C3CC(N5C[C@@H](C)[C@@H](C)C5)C3)C(=O)C43CCN(C(=O)[C@@H]4CCCO4)CC3)nc(Nc3ccncc3F)c21. The number of benzene rings is 1. The van der Waals surface area contributed by atoms with Crippen molar-refractivity contribution in [2.45, 2.75) is 86.9 Å². The summed E-state index contributed by atoms with van der Waals surface area (Å²) in [6.45, 7) is 10.7. The van der Waals surface area contributed by atoms with Gasteiger partial charge in [-0.15, -0.1) is 0 Å². The Bertz CT molecular complexity index is 2060. The molecule has 4 atom stereocenters. The Morgan fingerprint density at radius 1 is 1.09 bits per heavy atom. The summed E-state index contributed by atoms with van der Waals surface area (Å²) in [5.41, 5.74) is 4.64. The Balaban J connectivity index is 1.08. The van der Waals surface area contributed by atoms with Gasteiger partial charge in [0.05, 0.1) is 38.9 Å². The van der Waals surface area contributed by atoms with Crippen molar-refractivity contribution in [2.75, 3.05) is 43.0 Å². The largest absolute Gasteiger partial charge is 0.368 e. The number of rotatable bonds is 7. The number of aromatic nitrogens is 4. The fourth-order valence-corrected chi connectivity index (χ4v) is 9.81. The number of ether oxygens (including phenoxy) is 1. The third-order valence-electron chi connectivity index (χ3n) is 12.8. The van der Waals surface area contributed by atoms with E-state index in [0.29, 0.717) is 61.9 Å². The molecule has 9 rings (SSSR count). The molecule has 1 aliphatic carbocycles. The number of nitrogens with zero attached hydrogens (tertiary/aromatic N) is 7. The summed E-state index contributed by atoms with van der Waals surface area (Å²) in [7, 11) is 0. The van der Waals surface area contributed by atoms with Gasteiger partial charge in [-0.25, -0.2) is 14.4 Å². The van der Waals surface area contributed by atoms with Crippen molar-refractivity contribution in [2.24, 2.45) is 11.8 Å². The average Bonchev–Trinajstić information content (AvgIpc) is 3.93. The molecule has 1 spiro atoms. The lowest BCUT2D eigenvalue weighted by molar-refractivity contribution is -0.144. The minimum absolute atomic E-state index is 0.0584. The van der Waals surface area contributed by atoms with Crippen LogP contribution in [-0.2, 0) is 19.7 Å². The topological polar surface area (TPSA) is 109 Å². The fraction of sp³-hybridized carbons (Fsp3) is 0.525. The van der Waals surface area contributed by atoms with E-state index in [2.05, 4.69) is 81.7 Å². The molecule has 5 aliphatic rings. The Morgan fingerprint density at radius 2 is 1.87 bits per heavy atom. The van der Waals surface area contributed by atoms with E-state index in [4.69, 9.17) is 14.7 Å². The van der Waals surface area contributed by atoms with Gasteiger partial charge in [0, 0.05) is 62.3 Å². The van der Waals surface area contributed by atoms with Crippen LogP contribution in [0.25, 0.3) is 22.3 Å². The number of fused-ring (bicyclic) bond motifs is 3. The van der Waals surface area contributed by atoms with Crippen LogP contribution in [0.5, 0.6) is 0 Å². The van der Waals surface area contributed by atoms with Crippen LogP contribution in [0.15, 0.2) is 49.1 Å². The molecule has 13 heteroatoms. The number of imidazole rings is 1. The van der Waals surface area contributed by atoms with Crippen LogP contribution >= 0.6 is 22.6 Å². The molecular formula is C40H46FIN8O3. The van der Waals surface area contributed by atoms with Crippen LogP contribution in [0, 0.1) is 17.7 Å². The van der Waals surface area contributed by atoms with Crippen molar-refractivity contribution >= 4 is 62.6 Å². The summed E-state index contributed by atoms with van der Waals surface area (Å²) < 4.78 is 22.7. The molecule has 1 aromatic carbocycles. The van der Waals surface area contributed by atoms with Gasteiger partial charge in [0.1, 0.15) is 11.6 Å². The van der Waals surface area contributed by atoms with Crippen molar-refractivity contribution in [1.29, 1.82) is 0 Å². The summed E-state index contributed by atoms with van der Waals surface area (Å²) in [5.74, 6) is 1.60. The number of pyridine rings is 2. The number of amides is 2. The number of hydrogen-bond acceptors (Lipinski definition) is 8. The van der Waals surface area contributed by atoms with E-state index in [1.165, 1.54) is 6.20 Å². The van der Waals surface area contributed by atoms with Crippen LogP contribution in [0.4, 0.5) is 21.6 Å². The number of halogens is 2. The molecule has 3 aromatic heterocycles. The maximum atomic E-state index is 14.9. The number of carbonyl (C=O) groups is 2. The molecule has 2 amide bonds. The van der Waals surface area contributed by atoms with Crippen LogP contribution < -0.4 is 10.2 Å². The molecule has 1 N–H and O–H groups in total. The number of piperidine rings is 1. The van der Waals surface area contributed by atoms with Gasteiger partial charge in [-0.2, -0.15) is 0 Å². The second kappa shape index (κ2) is 13.6. The molecule has 1 unspecified atom stereocenters. The highest BCUT2D eigenvalue weighted by Gasteiger charge is 2.56. The predicted molar refractivity (Wildman–Crippen MR) is 210 cm³/mol. The fourth-order valence-electron chi connectivity index (χ4n) is 9.39. The maximum Gasteiger partial charge on any atom is 0.251 e. The van der Waals surface area contributed by atoms with Gasteiger partial charge < -0.3 is 24.4 Å². The smallest absolute Gasteiger partial charge is 0.251 e. The molecule has 278 valence electrons. The average molecular weight is 833 g/mol. The highest BCUT2D eigenvalue weighted by atomic mass is 127. The van der Waals surface area contributed by atoms with Crippen LogP contribution in [0.1, 0.15) is 68.9 Å². The van der Waals surface area contributed by atoms with Crippen molar-refractivity contribution in [3.05, 3.63) is 60.4 Å². The van der Waals surface area contributed by atoms with E-state index in [-0.39, 0.29) is 33.7 Å². The Labute approximate surface area is 322 Å². The zero-order chi connectivity index (χ0) is 36.6. The Kier molecular flexibility index (Phi) is 8.96. The van der Waals surface area contributed by atoms with Crippen LogP contribution in [0.3, 0.4) is 0 Å². The maximum absolute atomic E-state index is 14.9. The quantitative estimate of drug-likeness (QED) is 0.160. The molecule has 4 aliphatic heterocycles. The second-order valence-electron chi connectivity index (χ2n) is 15.9. The molecule has 0 radical (unpaired) electrons. The lowest BCUT2D eigenvalue weighted by atomic mass is 9.73. The van der Waals surface area contributed by atoms with Crippen molar-refractivity contribution in [3.63, 3.8) is 0 Å². The number of hydrogen-bond donors (Lipinski definition) is 1. The van der Waals surface area contributed by atoms with Gasteiger partial charge in [-0.3, -0.25) is 19.5 Å². The van der Waals surface area contributed by atoms with Gasteiger partial charge >= 0.3 is 0 Å². The third kappa shape index (κ3) is 5.92. The van der Waals surface area contributed by atoms with Crippen molar-refractivity contribution < 1.29 is 18.7 Å². The molecular weight excluding hydrogens is 786 g/mol. The zero-order valence-electron chi connectivity index (χ0n) is 30.5. The summed E-state index contributed by atoms with van der Waals surface area (Å²) >= 11 is 2.33. The van der Waals surface area contributed by atoms with Crippen molar-refractivity contribution in [1.82, 2.24) is 29.3 Å². The first-order valence-electron chi connectivity index (χ1n) is 19.1. The minimum atomic E-state index is -0.679. The summed E-state index contributed by atoms with van der Waals surface area (Å²) in [6, 6.07) is 10.5. The molecule has 7 heterocycles. The minimum Gasteiger partial charge on any atom is -0.368 e. The van der Waals surface area contributed by atoms with Gasteiger partial charge in [0.2, 0.25) is 5.91 Å². The van der Waals surface area contributed by atoms with E-state index in [1.54, 1.807) is 18.6 Å². The van der Waals surface area contributed by atoms with E-state index in [9.17, 15) is 14.0 Å².